The Morgan fingerprint density at radius 1 is 1.32 bits per heavy atom. The molecule has 1 aliphatic heterocycles. The second-order valence-electron chi connectivity index (χ2n) is 5.17. The van der Waals surface area contributed by atoms with Gasteiger partial charge in [-0.3, -0.25) is 9.59 Å². The van der Waals surface area contributed by atoms with Crippen molar-refractivity contribution >= 4 is 11.9 Å². The third-order valence-corrected chi connectivity index (χ3v) is 3.71. The molecule has 1 unspecified atom stereocenters. The van der Waals surface area contributed by atoms with Gasteiger partial charge in [0.2, 0.25) is 0 Å². The Bertz CT molecular complexity index is 668. The molecule has 22 heavy (non-hydrogen) atoms. The SMILES string of the molecule is O=C(O)C1CCCN(C(=O)c2ccc(-n3cncn3)nc2)C1. The van der Waals surface area contributed by atoms with E-state index in [4.69, 9.17) is 5.11 Å². The first-order valence-electron chi connectivity index (χ1n) is 6.98. The number of amides is 1. The van der Waals surface area contributed by atoms with Gasteiger partial charge in [-0.15, -0.1) is 0 Å². The Labute approximate surface area is 126 Å². The average Bonchev–Trinajstić information content (AvgIpc) is 3.09. The van der Waals surface area contributed by atoms with E-state index < -0.39 is 11.9 Å². The van der Waals surface area contributed by atoms with Crippen LogP contribution in [0.4, 0.5) is 0 Å². The minimum Gasteiger partial charge on any atom is -0.481 e. The summed E-state index contributed by atoms with van der Waals surface area (Å²) in [4.78, 5) is 33.1. The second kappa shape index (κ2) is 5.92. The summed E-state index contributed by atoms with van der Waals surface area (Å²) in [7, 11) is 0. The summed E-state index contributed by atoms with van der Waals surface area (Å²) in [5, 5.41) is 13.0. The van der Waals surface area contributed by atoms with Crippen LogP contribution in [0.2, 0.25) is 0 Å². The highest BCUT2D eigenvalue weighted by Gasteiger charge is 2.28. The number of nitrogens with zero attached hydrogens (tertiary/aromatic N) is 5. The number of carboxylic acid groups (broad SMARTS) is 1. The predicted octanol–water partition coefficient (Wildman–Crippen LogP) is 0.599. The second-order valence-corrected chi connectivity index (χ2v) is 5.17. The van der Waals surface area contributed by atoms with Crippen LogP contribution < -0.4 is 0 Å². The van der Waals surface area contributed by atoms with Crippen molar-refractivity contribution in [1.29, 1.82) is 0 Å². The van der Waals surface area contributed by atoms with Gasteiger partial charge in [-0.2, -0.15) is 5.10 Å². The van der Waals surface area contributed by atoms with Crippen molar-refractivity contribution in [2.45, 2.75) is 12.8 Å². The first-order valence-corrected chi connectivity index (χ1v) is 6.98. The molecule has 0 bridgehead atoms. The molecule has 1 saturated heterocycles. The van der Waals surface area contributed by atoms with Gasteiger partial charge in [-0.05, 0) is 25.0 Å². The maximum atomic E-state index is 12.4. The molecule has 1 aliphatic rings. The van der Waals surface area contributed by atoms with E-state index in [-0.39, 0.29) is 12.5 Å². The van der Waals surface area contributed by atoms with E-state index in [0.29, 0.717) is 30.8 Å². The highest BCUT2D eigenvalue weighted by Crippen LogP contribution is 2.19. The number of hydrogen-bond donors (Lipinski definition) is 1. The minimum atomic E-state index is -0.850. The largest absolute Gasteiger partial charge is 0.481 e. The van der Waals surface area contributed by atoms with Crippen LogP contribution in [0.15, 0.2) is 31.0 Å². The third-order valence-electron chi connectivity index (χ3n) is 3.71. The molecule has 3 rings (SSSR count). The van der Waals surface area contributed by atoms with Gasteiger partial charge in [-0.25, -0.2) is 14.6 Å². The van der Waals surface area contributed by atoms with Crippen LogP contribution in [0.25, 0.3) is 5.82 Å². The summed E-state index contributed by atoms with van der Waals surface area (Å²) >= 11 is 0. The van der Waals surface area contributed by atoms with Gasteiger partial charge in [0.15, 0.2) is 5.82 Å². The number of aromatic nitrogens is 4. The van der Waals surface area contributed by atoms with Gasteiger partial charge < -0.3 is 10.0 Å². The van der Waals surface area contributed by atoms with Crippen LogP contribution in [-0.2, 0) is 4.79 Å². The molecule has 3 heterocycles. The zero-order valence-electron chi connectivity index (χ0n) is 11.8. The van der Waals surface area contributed by atoms with Crippen LogP contribution in [0, 0.1) is 5.92 Å². The predicted molar refractivity (Wildman–Crippen MR) is 75.4 cm³/mol. The van der Waals surface area contributed by atoms with Gasteiger partial charge in [-0.1, -0.05) is 0 Å². The zero-order valence-corrected chi connectivity index (χ0v) is 11.8. The summed E-state index contributed by atoms with van der Waals surface area (Å²) < 4.78 is 1.50. The highest BCUT2D eigenvalue weighted by atomic mass is 16.4. The molecule has 0 saturated carbocycles. The molecular formula is C14H15N5O3. The van der Waals surface area contributed by atoms with E-state index in [2.05, 4.69) is 15.1 Å². The van der Waals surface area contributed by atoms with Crippen LogP contribution >= 0.6 is 0 Å². The van der Waals surface area contributed by atoms with Crippen molar-refractivity contribution in [2.24, 2.45) is 5.92 Å². The Morgan fingerprint density at radius 2 is 2.18 bits per heavy atom. The fourth-order valence-corrected chi connectivity index (χ4v) is 2.52. The van der Waals surface area contributed by atoms with E-state index in [1.54, 1.807) is 17.0 Å². The summed E-state index contributed by atoms with van der Waals surface area (Å²) in [5.41, 5.74) is 0.440. The Kier molecular flexibility index (Phi) is 3.82. The maximum absolute atomic E-state index is 12.4. The van der Waals surface area contributed by atoms with Crippen LogP contribution in [0.1, 0.15) is 23.2 Å². The molecule has 1 atom stereocenters. The summed E-state index contributed by atoms with van der Waals surface area (Å²) in [5.74, 6) is -0.961. The topological polar surface area (TPSA) is 101 Å². The number of aliphatic carboxylic acids is 1. The Balaban J connectivity index is 1.73. The van der Waals surface area contributed by atoms with Gasteiger partial charge in [0, 0.05) is 19.3 Å². The molecule has 8 heteroatoms. The maximum Gasteiger partial charge on any atom is 0.308 e. The van der Waals surface area contributed by atoms with E-state index in [0.717, 1.165) is 0 Å². The number of carboxylic acids is 1. The number of carbonyl (C=O) groups excluding carboxylic acids is 1. The lowest BCUT2D eigenvalue weighted by molar-refractivity contribution is -0.143. The van der Waals surface area contributed by atoms with Crippen molar-refractivity contribution in [2.75, 3.05) is 13.1 Å². The van der Waals surface area contributed by atoms with E-state index >= 15 is 0 Å². The van der Waals surface area contributed by atoms with E-state index in [9.17, 15) is 9.59 Å². The first kappa shape index (κ1) is 14.2. The number of piperidine rings is 1. The lowest BCUT2D eigenvalue weighted by atomic mass is 9.98. The number of likely N-dealkylation sites (tertiary alicyclic amines) is 1. The molecule has 1 fully saturated rings. The quantitative estimate of drug-likeness (QED) is 0.890. The smallest absolute Gasteiger partial charge is 0.308 e. The lowest BCUT2D eigenvalue weighted by Crippen LogP contribution is -2.42. The first-order chi connectivity index (χ1) is 10.6. The van der Waals surface area contributed by atoms with Crippen molar-refractivity contribution in [3.8, 4) is 5.82 Å². The average molecular weight is 301 g/mol. The standard InChI is InChI=1S/C14H15N5O3/c20-13(18-5-1-2-11(7-18)14(21)22)10-3-4-12(16-6-10)19-9-15-8-17-19/h3-4,6,8-9,11H,1-2,5,7H2,(H,21,22). The number of rotatable bonds is 3. The van der Waals surface area contributed by atoms with Crippen molar-refractivity contribution in [1.82, 2.24) is 24.6 Å². The molecule has 114 valence electrons. The highest BCUT2D eigenvalue weighted by molar-refractivity contribution is 5.94. The van der Waals surface area contributed by atoms with E-state index in [1.165, 1.54) is 23.5 Å². The summed E-state index contributed by atoms with van der Waals surface area (Å²) in [6, 6.07) is 3.34. The molecule has 2 aromatic rings. The molecule has 0 radical (unpaired) electrons. The molecule has 2 aromatic heterocycles. The number of carbonyl (C=O) groups is 2. The number of pyridine rings is 1. The Morgan fingerprint density at radius 3 is 2.82 bits per heavy atom. The monoisotopic (exact) mass is 301 g/mol. The van der Waals surface area contributed by atoms with Gasteiger partial charge in [0.1, 0.15) is 12.7 Å². The molecular weight excluding hydrogens is 286 g/mol. The summed E-state index contributed by atoms with van der Waals surface area (Å²) in [6.45, 7) is 0.826. The Hall–Kier alpha value is -2.77. The summed E-state index contributed by atoms with van der Waals surface area (Å²) in [6.07, 6.45) is 5.71. The normalized spacial score (nSPS) is 18.2. The van der Waals surface area contributed by atoms with Gasteiger partial charge >= 0.3 is 5.97 Å². The van der Waals surface area contributed by atoms with Crippen LogP contribution in [0.5, 0.6) is 0 Å². The molecule has 0 aromatic carbocycles. The molecule has 1 N–H and O–H groups in total. The lowest BCUT2D eigenvalue weighted by Gasteiger charge is -2.30. The fourth-order valence-electron chi connectivity index (χ4n) is 2.52. The molecule has 1 amide bonds. The van der Waals surface area contributed by atoms with Crippen LogP contribution in [-0.4, -0.2) is 54.7 Å². The zero-order chi connectivity index (χ0) is 15.5. The van der Waals surface area contributed by atoms with Crippen molar-refractivity contribution < 1.29 is 14.7 Å². The van der Waals surface area contributed by atoms with Crippen LogP contribution in [0.3, 0.4) is 0 Å². The minimum absolute atomic E-state index is 0.191. The molecule has 0 aliphatic carbocycles. The van der Waals surface area contributed by atoms with E-state index in [1.807, 2.05) is 0 Å². The number of hydrogen-bond acceptors (Lipinski definition) is 5. The van der Waals surface area contributed by atoms with Gasteiger partial charge in [0.25, 0.3) is 5.91 Å². The van der Waals surface area contributed by atoms with Crippen molar-refractivity contribution in [3.63, 3.8) is 0 Å². The molecule has 0 spiro atoms. The molecule has 8 nitrogen and oxygen atoms in total. The fraction of sp³-hybridized carbons (Fsp3) is 0.357. The third kappa shape index (κ3) is 2.80. The van der Waals surface area contributed by atoms with Crippen molar-refractivity contribution in [3.05, 3.63) is 36.5 Å². The van der Waals surface area contributed by atoms with Gasteiger partial charge in [0.05, 0.1) is 11.5 Å².